The van der Waals surface area contributed by atoms with Crippen molar-refractivity contribution >= 4 is 17.8 Å². The lowest BCUT2D eigenvalue weighted by Crippen LogP contribution is -2.46. The largest absolute Gasteiger partial charge is 0.480 e. The molecule has 0 aliphatic rings. The summed E-state index contributed by atoms with van der Waals surface area (Å²) >= 11 is 0. The second-order valence-corrected chi connectivity index (χ2v) is 2.85. The molecule has 0 bridgehead atoms. The fourth-order valence-electron chi connectivity index (χ4n) is 0.835. The lowest BCUT2D eigenvalue weighted by molar-refractivity contribution is -0.141. The van der Waals surface area contributed by atoms with Crippen molar-refractivity contribution < 1.29 is 19.5 Å². The average Bonchev–Trinajstić information content (AvgIpc) is 2.21. The molecule has 0 rings (SSSR count). The SMILES string of the molecule is CC[C@@H](NC(=O)CNC(=O)CN)C(=O)O. The van der Waals surface area contributed by atoms with Crippen LogP contribution in [0, 0.1) is 0 Å². The van der Waals surface area contributed by atoms with Gasteiger partial charge in [0.1, 0.15) is 6.04 Å². The van der Waals surface area contributed by atoms with Crippen molar-refractivity contribution in [3.63, 3.8) is 0 Å². The van der Waals surface area contributed by atoms with Crippen molar-refractivity contribution in [1.29, 1.82) is 0 Å². The number of amides is 2. The molecule has 5 N–H and O–H groups in total. The molecule has 0 aliphatic heterocycles. The molecule has 0 saturated carbocycles. The summed E-state index contributed by atoms with van der Waals surface area (Å²) < 4.78 is 0. The molecular weight excluding hydrogens is 202 g/mol. The third-order valence-corrected chi connectivity index (χ3v) is 1.67. The van der Waals surface area contributed by atoms with Gasteiger partial charge in [-0.25, -0.2) is 4.79 Å². The van der Waals surface area contributed by atoms with Gasteiger partial charge in [-0.05, 0) is 6.42 Å². The maximum absolute atomic E-state index is 11.1. The predicted molar refractivity (Wildman–Crippen MR) is 51.9 cm³/mol. The Morgan fingerprint density at radius 3 is 2.33 bits per heavy atom. The molecule has 86 valence electrons. The number of carbonyl (C=O) groups is 3. The van der Waals surface area contributed by atoms with Crippen molar-refractivity contribution in [3.8, 4) is 0 Å². The number of carboxylic acids is 1. The molecule has 2 amide bonds. The van der Waals surface area contributed by atoms with Gasteiger partial charge in [-0.3, -0.25) is 9.59 Å². The summed E-state index contributed by atoms with van der Waals surface area (Å²) in [7, 11) is 0. The lowest BCUT2D eigenvalue weighted by atomic mass is 10.2. The van der Waals surface area contributed by atoms with Crippen molar-refractivity contribution in [1.82, 2.24) is 10.6 Å². The van der Waals surface area contributed by atoms with E-state index in [4.69, 9.17) is 10.8 Å². The normalized spacial score (nSPS) is 11.6. The van der Waals surface area contributed by atoms with Crippen LogP contribution in [0.15, 0.2) is 0 Å². The molecule has 0 aromatic heterocycles. The smallest absolute Gasteiger partial charge is 0.326 e. The third kappa shape index (κ3) is 5.63. The maximum Gasteiger partial charge on any atom is 0.326 e. The highest BCUT2D eigenvalue weighted by Gasteiger charge is 2.17. The number of hydrogen-bond donors (Lipinski definition) is 4. The highest BCUT2D eigenvalue weighted by Crippen LogP contribution is 1.89. The van der Waals surface area contributed by atoms with Crippen molar-refractivity contribution in [2.75, 3.05) is 13.1 Å². The maximum atomic E-state index is 11.1. The molecule has 0 fully saturated rings. The van der Waals surface area contributed by atoms with Gasteiger partial charge in [0.2, 0.25) is 11.8 Å². The third-order valence-electron chi connectivity index (χ3n) is 1.67. The van der Waals surface area contributed by atoms with Gasteiger partial charge in [0.15, 0.2) is 0 Å². The molecule has 0 radical (unpaired) electrons. The number of aliphatic carboxylic acids is 1. The van der Waals surface area contributed by atoms with Crippen molar-refractivity contribution in [2.24, 2.45) is 5.73 Å². The Balaban J connectivity index is 3.91. The molecule has 0 spiro atoms. The molecule has 0 saturated heterocycles. The average molecular weight is 217 g/mol. The summed E-state index contributed by atoms with van der Waals surface area (Å²) in [6.45, 7) is 1.17. The lowest BCUT2D eigenvalue weighted by Gasteiger charge is -2.12. The Kier molecular flexibility index (Phi) is 6.03. The van der Waals surface area contributed by atoms with Crippen LogP contribution in [0.4, 0.5) is 0 Å². The second-order valence-electron chi connectivity index (χ2n) is 2.85. The standard InChI is InChI=1S/C8H15N3O4/c1-2-5(8(14)15)11-7(13)4-10-6(12)3-9/h5H,2-4,9H2,1H3,(H,10,12)(H,11,13)(H,14,15)/t5-/m1/s1. The minimum absolute atomic E-state index is 0.205. The number of nitrogens with one attached hydrogen (secondary N) is 2. The second kappa shape index (κ2) is 6.77. The Bertz CT molecular complexity index is 254. The number of nitrogens with two attached hydrogens (primary N) is 1. The zero-order chi connectivity index (χ0) is 11.8. The first kappa shape index (κ1) is 13.4. The van der Waals surface area contributed by atoms with Crippen molar-refractivity contribution in [2.45, 2.75) is 19.4 Å². The quantitative estimate of drug-likeness (QED) is 0.411. The van der Waals surface area contributed by atoms with E-state index in [2.05, 4.69) is 10.6 Å². The Hall–Kier alpha value is -1.63. The summed E-state index contributed by atoms with van der Waals surface area (Å²) in [6.07, 6.45) is 0.284. The van der Waals surface area contributed by atoms with Crippen LogP contribution in [0.1, 0.15) is 13.3 Å². The molecule has 0 unspecified atom stereocenters. The molecule has 0 aromatic rings. The van der Waals surface area contributed by atoms with Crippen LogP contribution in [-0.2, 0) is 14.4 Å². The Labute approximate surface area is 87.0 Å². The van der Waals surface area contributed by atoms with Gasteiger partial charge in [0, 0.05) is 0 Å². The van der Waals surface area contributed by atoms with Crippen LogP contribution >= 0.6 is 0 Å². The number of hydrogen-bond acceptors (Lipinski definition) is 4. The molecule has 1 atom stereocenters. The van der Waals surface area contributed by atoms with Crippen molar-refractivity contribution in [3.05, 3.63) is 0 Å². The molecule has 7 heteroatoms. The van der Waals surface area contributed by atoms with E-state index >= 15 is 0 Å². The molecule has 7 nitrogen and oxygen atoms in total. The van der Waals surface area contributed by atoms with E-state index in [1.54, 1.807) is 6.92 Å². The fourth-order valence-corrected chi connectivity index (χ4v) is 0.835. The van der Waals surface area contributed by atoms with E-state index < -0.39 is 23.8 Å². The molecule has 0 aromatic carbocycles. The van der Waals surface area contributed by atoms with Crippen LogP contribution in [0.3, 0.4) is 0 Å². The van der Waals surface area contributed by atoms with Gasteiger partial charge >= 0.3 is 5.97 Å². The van der Waals surface area contributed by atoms with Crippen LogP contribution < -0.4 is 16.4 Å². The zero-order valence-corrected chi connectivity index (χ0v) is 8.45. The first-order chi connectivity index (χ1) is 7.01. The summed E-state index contributed by atoms with van der Waals surface area (Å²) in [5.74, 6) is -2.12. The molecule has 0 heterocycles. The first-order valence-electron chi connectivity index (χ1n) is 4.50. The zero-order valence-electron chi connectivity index (χ0n) is 8.45. The monoisotopic (exact) mass is 217 g/mol. The molecule has 15 heavy (non-hydrogen) atoms. The number of rotatable bonds is 6. The topological polar surface area (TPSA) is 122 Å². The van der Waals surface area contributed by atoms with Gasteiger partial charge < -0.3 is 21.5 Å². The summed E-state index contributed by atoms with van der Waals surface area (Å²) in [4.78, 5) is 32.3. The fraction of sp³-hybridized carbons (Fsp3) is 0.625. The summed E-state index contributed by atoms with van der Waals surface area (Å²) in [5.41, 5.74) is 5.00. The summed E-state index contributed by atoms with van der Waals surface area (Å²) in [6, 6.07) is -0.924. The van der Waals surface area contributed by atoms with E-state index in [1.165, 1.54) is 0 Å². The molecule has 0 aliphatic carbocycles. The number of carbonyl (C=O) groups excluding carboxylic acids is 2. The minimum Gasteiger partial charge on any atom is -0.480 e. The molecular formula is C8H15N3O4. The highest BCUT2D eigenvalue weighted by molar-refractivity contribution is 5.88. The van der Waals surface area contributed by atoms with Gasteiger partial charge in [-0.1, -0.05) is 6.92 Å². The van der Waals surface area contributed by atoms with E-state index in [9.17, 15) is 14.4 Å². The van der Waals surface area contributed by atoms with E-state index in [-0.39, 0.29) is 19.5 Å². The van der Waals surface area contributed by atoms with Gasteiger partial charge in [0.25, 0.3) is 0 Å². The van der Waals surface area contributed by atoms with E-state index in [1.807, 2.05) is 0 Å². The van der Waals surface area contributed by atoms with E-state index in [0.717, 1.165) is 0 Å². The van der Waals surface area contributed by atoms with Crippen LogP contribution in [0.25, 0.3) is 0 Å². The minimum atomic E-state index is -1.10. The number of carboxylic acid groups (broad SMARTS) is 1. The van der Waals surface area contributed by atoms with Crippen LogP contribution in [-0.4, -0.2) is 42.0 Å². The Morgan fingerprint density at radius 1 is 1.33 bits per heavy atom. The van der Waals surface area contributed by atoms with Gasteiger partial charge in [0.05, 0.1) is 13.1 Å². The van der Waals surface area contributed by atoms with E-state index in [0.29, 0.717) is 0 Å². The van der Waals surface area contributed by atoms with Crippen LogP contribution in [0.2, 0.25) is 0 Å². The highest BCUT2D eigenvalue weighted by atomic mass is 16.4. The summed E-state index contributed by atoms with van der Waals surface area (Å²) in [5, 5.41) is 13.1. The Morgan fingerprint density at radius 2 is 1.93 bits per heavy atom. The van der Waals surface area contributed by atoms with Gasteiger partial charge in [-0.15, -0.1) is 0 Å². The van der Waals surface area contributed by atoms with Gasteiger partial charge in [-0.2, -0.15) is 0 Å². The van der Waals surface area contributed by atoms with Crippen LogP contribution in [0.5, 0.6) is 0 Å². The first-order valence-corrected chi connectivity index (χ1v) is 4.50. The predicted octanol–water partition coefficient (Wildman–Crippen LogP) is -1.96.